The van der Waals surface area contributed by atoms with Crippen molar-refractivity contribution < 1.29 is 9.59 Å². The minimum atomic E-state index is -0.449. The summed E-state index contributed by atoms with van der Waals surface area (Å²) in [7, 11) is 0. The number of aromatic nitrogens is 3. The molecule has 0 spiro atoms. The molecule has 1 aromatic carbocycles. The third-order valence-electron chi connectivity index (χ3n) is 5.36. The first-order valence-corrected chi connectivity index (χ1v) is 9.46. The highest BCUT2D eigenvalue weighted by molar-refractivity contribution is 5.93. The van der Waals surface area contributed by atoms with Gasteiger partial charge < -0.3 is 5.32 Å². The summed E-state index contributed by atoms with van der Waals surface area (Å²) >= 11 is 0. The van der Waals surface area contributed by atoms with Crippen LogP contribution < -0.4 is 10.6 Å². The molecule has 3 rings (SSSR count). The van der Waals surface area contributed by atoms with Crippen LogP contribution in [-0.2, 0) is 22.7 Å². The van der Waals surface area contributed by atoms with Crippen molar-refractivity contribution in [2.24, 2.45) is 11.3 Å². The first-order chi connectivity index (χ1) is 12.9. The highest BCUT2D eigenvalue weighted by atomic mass is 16.2. The zero-order valence-electron chi connectivity index (χ0n) is 15.9. The number of hydrogen-bond acceptors (Lipinski definition) is 4. The van der Waals surface area contributed by atoms with E-state index < -0.39 is 5.41 Å². The second kappa shape index (κ2) is 8.33. The normalized spacial score (nSPS) is 14.9. The number of nitrogens with zero attached hydrogens (tertiary/aromatic N) is 3. The molecule has 1 saturated carbocycles. The molecule has 1 aromatic heterocycles. The quantitative estimate of drug-likeness (QED) is 0.785. The van der Waals surface area contributed by atoms with Crippen molar-refractivity contribution in [2.45, 2.75) is 52.6 Å². The van der Waals surface area contributed by atoms with Gasteiger partial charge in [0, 0.05) is 12.0 Å². The molecule has 0 radical (unpaired) electrons. The molecule has 0 saturated heterocycles. The van der Waals surface area contributed by atoms with Gasteiger partial charge in [-0.25, -0.2) is 9.67 Å². The van der Waals surface area contributed by atoms with E-state index in [9.17, 15) is 9.59 Å². The molecule has 0 bridgehead atoms. The van der Waals surface area contributed by atoms with Gasteiger partial charge in [0.2, 0.25) is 17.8 Å². The minimum absolute atomic E-state index is 0.0573. The number of carbonyl (C=O) groups excluding carboxylic acids is 2. The molecule has 0 aliphatic heterocycles. The monoisotopic (exact) mass is 369 g/mol. The van der Waals surface area contributed by atoms with Crippen LogP contribution in [0.3, 0.4) is 0 Å². The molecule has 1 aliphatic carbocycles. The summed E-state index contributed by atoms with van der Waals surface area (Å²) in [5, 5.41) is 9.84. The topological polar surface area (TPSA) is 88.9 Å². The molecule has 2 N–H and O–H groups in total. The van der Waals surface area contributed by atoms with E-state index in [4.69, 9.17) is 0 Å². The van der Waals surface area contributed by atoms with Gasteiger partial charge in [-0.15, -0.1) is 5.10 Å². The Morgan fingerprint density at radius 1 is 1.19 bits per heavy atom. The fourth-order valence-corrected chi connectivity index (χ4v) is 3.52. The third kappa shape index (κ3) is 4.93. The first-order valence-electron chi connectivity index (χ1n) is 9.46. The van der Waals surface area contributed by atoms with Crippen LogP contribution in [-0.4, -0.2) is 26.6 Å². The van der Waals surface area contributed by atoms with E-state index in [0.717, 1.165) is 18.4 Å². The van der Waals surface area contributed by atoms with Crippen molar-refractivity contribution in [2.75, 3.05) is 5.32 Å². The summed E-state index contributed by atoms with van der Waals surface area (Å²) in [6.45, 7) is 4.48. The van der Waals surface area contributed by atoms with E-state index in [0.29, 0.717) is 12.5 Å². The minimum Gasteiger partial charge on any atom is -0.350 e. The smallest absolute Gasteiger partial charge is 0.248 e. The summed E-state index contributed by atoms with van der Waals surface area (Å²) < 4.78 is 1.43. The number of hydrogen-bond donors (Lipinski definition) is 2. The van der Waals surface area contributed by atoms with Crippen molar-refractivity contribution in [3.63, 3.8) is 0 Å². The fraction of sp³-hybridized carbons (Fsp3) is 0.500. The predicted octanol–water partition coefficient (Wildman–Crippen LogP) is 2.75. The molecule has 2 aromatic rings. The van der Waals surface area contributed by atoms with Gasteiger partial charge in [0.1, 0.15) is 12.9 Å². The molecule has 1 heterocycles. The van der Waals surface area contributed by atoms with Crippen LogP contribution >= 0.6 is 0 Å². The van der Waals surface area contributed by atoms with Crippen molar-refractivity contribution in [3.8, 4) is 0 Å². The predicted molar refractivity (Wildman–Crippen MR) is 103 cm³/mol. The lowest BCUT2D eigenvalue weighted by atomic mass is 9.77. The molecule has 1 aliphatic rings. The maximum atomic E-state index is 12.6. The molecule has 7 heteroatoms. The summed E-state index contributed by atoms with van der Waals surface area (Å²) in [5.74, 6) is 0.402. The van der Waals surface area contributed by atoms with Gasteiger partial charge in [-0.1, -0.05) is 57.0 Å². The van der Waals surface area contributed by atoms with Crippen molar-refractivity contribution in [1.82, 2.24) is 20.1 Å². The maximum absolute atomic E-state index is 12.6. The van der Waals surface area contributed by atoms with Gasteiger partial charge >= 0.3 is 0 Å². The lowest BCUT2D eigenvalue weighted by Gasteiger charge is -2.29. The number of anilines is 1. The molecule has 1 fully saturated rings. The van der Waals surface area contributed by atoms with Crippen molar-refractivity contribution in [3.05, 3.63) is 42.2 Å². The SMILES string of the molecule is CC(C)(C(=O)Nc1ncn(CC(=O)NCc2ccccc2)n1)C1CCCC1. The van der Waals surface area contributed by atoms with Gasteiger partial charge in [0.05, 0.1) is 0 Å². The Balaban J connectivity index is 1.50. The van der Waals surface area contributed by atoms with Gasteiger partial charge in [-0.05, 0) is 24.3 Å². The molecule has 144 valence electrons. The highest BCUT2D eigenvalue weighted by Crippen LogP contribution is 2.40. The van der Waals surface area contributed by atoms with Crippen LogP contribution in [0.15, 0.2) is 36.7 Å². The average molecular weight is 369 g/mol. The largest absolute Gasteiger partial charge is 0.350 e. The molecule has 0 unspecified atom stereocenters. The maximum Gasteiger partial charge on any atom is 0.248 e. The molecule has 7 nitrogen and oxygen atoms in total. The van der Waals surface area contributed by atoms with E-state index in [1.165, 1.54) is 23.9 Å². The zero-order chi connectivity index (χ0) is 19.3. The second-order valence-corrected chi connectivity index (χ2v) is 7.69. The Morgan fingerprint density at radius 2 is 1.89 bits per heavy atom. The standard InChI is InChI=1S/C20H27N5O2/c1-20(2,16-10-6-7-11-16)18(27)23-19-22-14-25(24-19)13-17(26)21-12-15-8-4-3-5-9-15/h3-5,8-9,14,16H,6-7,10-13H2,1-2H3,(H,21,26)(H,23,24,27). The zero-order valence-corrected chi connectivity index (χ0v) is 15.9. The number of nitrogens with one attached hydrogen (secondary N) is 2. The number of rotatable bonds is 7. The van der Waals surface area contributed by atoms with E-state index in [-0.39, 0.29) is 24.3 Å². The molecular formula is C20H27N5O2. The number of benzene rings is 1. The van der Waals surface area contributed by atoms with E-state index >= 15 is 0 Å². The summed E-state index contributed by atoms with van der Waals surface area (Å²) in [6, 6.07) is 9.71. The van der Waals surface area contributed by atoms with E-state index in [1.54, 1.807) is 0 Å². The Labute approximate surface area is 159 Å². The van der Waals surface area contributed by atoms with Crippen LogP contribution in [0.2, 0.25) is 0 Å². The molecular weight excluding hydrogens is 342 g/mol. The van der Waals surface area contributed by atoms with Crippen LogP contribution in [0.1, 0.15) is 45.1 Å². The van der Waals surface area contributed by atoms with Gasteiger partial charge in [-0.2, -0.15) is 0 Å². The third-order valence-corrected chi connectivity index (χ3v) is 5.36. The summed E-state index contributed by atoms with van der Waals surface area (Å²) in [4.78, 5) is 28.8. The fourth-order valence-electron chi connectivity index (χ4n) is 3.52. The number of carbonyl (C=O) groups is 2. The van der Waals surface area contributed by atoms with Crippen molar-refractivity contribution >= 4 is 17.8 Å². The average Bonchev–Trinajstić information content (AvgIpc) is 3.33. The molecule has 0 atom stereocenters. The van der Waals surface area contributed by atoms with E-state index in [2.05, 4.69) is 20.7 Å². The van der Waals surface area contributed by atoms with E-state index in [1.807, 2.05) is 44.2 Å². The summed E-state index contributed by atoms with van der Waals surface area (Å²) in [6.07, 6.45) is 6.01. The second-order valence-electron chi connectivity index (χ2n) is 7.69. The Hall–Kier alpha value is -2.70. The van der Waals surface area contributed by atoms with Crippen LogP contribution in [0.4, 0.5) is 5.95 Å². The highest BCUT2D eigenvalue weighted by Gasteiger charge is 2.38. The number of amides is 2. The van der Waals surface area contributed by atoms with Crippen LogP contribution in [0.25, 0.3) is 0 Å². The van der Waals surface area contributed by atoms with Crippen molar-refractivity contribution in [1.29, 1.82) is 0 Å². The van der Waals surface area contributed by atoms with Crippen LogP contribution in [0.5, 0.6) is 0 Å². The Kier molecular flexibility index (Phi) is 5.88. The van der Waals surface area contributed by atoms with Gasteiger partial charge in [0.15, 0.2) is 0 Å². The summed E-state index contributed by atoms with van der Waals surface area (Å²) in [5.41, 5.74) is 0.584. The van der Waals surface area contributed by atoms with Gasteiger partial charge in [-0.3, -0.25) is 14.9 Å². The Morgan fingerprint density at radius 3 is 2.59 bits per heavy atom. The van der Waals surface area contributed by atoms with Gasteiger partial charge in [0.25, 0.3) is 0 Å². The lowest BCUT2D eigenvalue weighted by Crippen LogP contribution is -2.36. The van der Waals surface area contributed by atoms with Crippen LogP contribution in [0, 0.1) is 11.3 Å². The molecule has 2 amide bonds. The Bertz CT molecular complexity index is 779. The first kappa shape index (κ1) is 19.1. The lowest BCUT2D eigenvalue weighted by molar-refractivity contribution is -0.126. The molecule has 27 heavy (non-hydrogen) atoms.